The molecule has 0 atom stereocenters. The number of methoxy groups -OCH3 is 2. The number of nitrogens with one attached hydrogen (secondary N) is 1. The SMILES string of the molecule is COc1cc(/C=N/NC(=O)COc2ccc(C(C)(C)C)cc2)cc(OC)c1OC(C)=O. The Morgan fingerprint density at radius 2 is 1.61 bits per heavy atom. The van der Waals surface area contributed by atoms with Gasteiger partial charge in [-0.05, 0) is 35.2 Å². The van der Waals surface area contributed by atoms with Gasteiger partial charge in [0.15, 0.2) is 18.1 Å². The van der Waals surface area contributed by atoms with Crippen molar-refractivity contribution < 1.29 is 28.5 Å². The van der Waals surface area contributed by atoms with E-state index in [-0.39, 0.29) is 17.8 Å². The quantitative estimate of drug-likeness (QED) is 0.299. The lowest BCUT2D eigenvalue weighted by Crippen LogP contribution is -2.24. The first kappa shape index (κ1) is 23.7. The molecule has 0 aliphatic rings. The van der Waals surface area contributed by atoms with Crippen LogP contribution < -0.4 is 24.4 Å². The number of carbonyl (C=O) groups excluding carboxylic acids is 2. The van der Waals surface area contributed by atoms with E-state index in [1.54, 1.807) is 12.1 Å². The molecule has 8 nitrogen and oxygen atoms in total. The molecule has 0 unspecified atom stereocenters. The summed E-state index contributed by atoms with van der Waals surface area (Å²) in [6.45, 7) is 7.49. The number of carbonyl (C=O) groups is 2. The summed E-state index contributed by atoms with van der Waals surface area (Å²) < 4.78 is 21.1. The maximum Gasteiger partial charge on any atom is 0.308 e. The van der Waals surface area contributed by atoms with E-state index in [0.29, 0.717) is 22.8 Å². The van der Waals surface area contributed by atoms with Gasteiger partial charge >= 0.3 is 5.97 Å². The van der Waals surface area contributed by atoms with Gasteiger partial charge in [-0.1, -0.05) is 32.9 Å². The molecule has 0 saturated heterocycles. The molecule has 2 rings (SSSR count). The monoisotopic (exact) mass is 428 g/mol. The van der Waals surface area contributed by atoms with E-state index in [4.69, 9.17) is 18.9 Å². The molecule has 1 amide bonds. The lowest BCUT2D eigenvalue weighted by molar-refractivity contribution is -0.132. The predicted octanol–water partition coefficient (Wildman–Crippen LogP) is 3.46. The van der Waals surface area contributed by atoms with Crippen LogP contribution in [0.5, 0.6) is 23.0 Å². The third-order valence-electron chi connectivity index (χ3n) is 4.22. The van der Waals surface area contributed by atoms with Crippen LogP contribution >= 0.6 is 0 Å². The highest BCUT2D eigenvalue weighted by atomic mass is 16.6. The topological polar surface area (TPSA) is 95.5 Å². The third kappa shape index (κ3) is 7.02. The van der Waals surface area contributed by atoms with E-state index in [0.717, 1.165) is 0 Å². The fourth-order valence-corrected chi connectivity index (χ4v) is 2.63. The minimum absolute atomic E-state index is 0.0480. The number of rotatable bonds is 8. The Labute approximate surface area is 182 Å². The molecular weight excluding hydrogens is 400 g/mol. The largest absolute Gasteiger partial charge is 0.493 e. The second kappa shape index (κ2) is 10.5. The van der Waals surface area contributed by atoms with E-state index < -0.39 is 11.9 Å². The van der Waals surface area contributed by atoms with Crippen LogP contribution in [0.3, 0.4) is 0 Å². The molecule has 1 N–H and O–H groups in total. The van der Waals surface area contributed by atoms with Crippen molar-refractivity contribution in [1.29, 1.82) is 0 Å². The molecule has 0 heterocycles. The maximum absolute atomic E-state index is 12.0. The zero-order chi connectivity index (χ0) is 23.0. The Bertz CT molecular complexity index is 921. The van der Waals surface area contributed by atoms with Crippen molar-refractivity contribution in [3.63, 3.8) is 0 Å². The molecule has 0 aromatic heterocycles. The highest BCUT2D eigenvalue weighted by Gasteiger charge is 2.16. The van der Waals surface area contributed by atoms with Crippen molar-refractivity contribution in [2.75, 3.05) is 20.8 Å². The van der Waals surface area contributed by atoms with E-state index in [9.17, 15) is 9.59 Å². The van der Waals surface area contributed by atoms with Gasteiger partial charge in [-0.3, -0.25) is 9.59 Å². The van der Waals surface area contributed by atoms with Gasteiger partial charge in [0.1, 0.15) is 5.75 Å². The van der Waals surface area contributed by atoms with E-state index in [1.807, 2.05) is 24.3 Å². The van der Waals surface area contributed by atoms with Crippen molar-refractivity contribution in [2.24, 2.45) is 5.10 Å². The molecule has 0 radical (unpaired) electrons. The van der Waals surface area contributed by atoms with Crippen LogP contribution in [0.4, 0.5) is 0 Å². The molecule has 31 heavy (non-hydrogen) atoms. The fourth-order valence-electron chi connectivity index (χ4n) is 2.63. The van der Waals surface area contributed by atoms with E-state index in [2.05, 4.69) is 31.3 Å². The summed E-state index contributed by atoms with van der Waals surface area (Å²) in [5.41, 5.74) is 4.20. The molecule has 8 heteroatoms. The summed E-state index contributed by atoms with van der Waals surface area (Å²) in [4.78, 5) is 23.3. The Morgan fingerprint density at radius 3 is 2.10 bits per heavy atom. The van der Waals surface area contributed by atoms with Gasteiger partial charge in [-0.2, -0.15) is 5.10 Å². The highest BCUT2D eigenvalue weighted by Crippen LogP contribution is 2.38. The number of hydrogen-bond donors (Lipinski definition) is 1. The van der Waals surface area contributed by atoms with Crippen LogP contribution in [0.1, 0.15) is 38.8 Å². The lowest BCUT2D eigenvalue weighted by Gasteiger charge is -2.19. The maximum atomic E-state index is 12.0. The lowest BCUT2D eigenvalue weighted by atomic mass is 9.87. The van der Waals surface area contributed by atoms with Gasteiger partial charge in [0.2, 0.25) is 5.75 Å². The second-order valence-corrected chi connectivity index (χ2v) is 7.70. The van der Waals surface area contributed by atoms with Crippen molar-refractivity contribution in [2.45, 2.75) is 33.1 Å². The molecule has 0 aliphatic heterocycles. The van der Waals surface area contributed by atoms with Gasteiger partial charge in [-0.15, -0.1) is 0 Å². The van der Waals surface area contributed by atoms with E-state index >= 15 is 0 Å². The second-order valence-electron chi connectivity index (χ2n) is 7.70. The average molecular weight is 428 g/mol. The summed E-state index contributed by atoms with van der Waals surface area (Å²) in [5, 5.41) is 3.92. The molecule has 0 aliphatic carbocycles. The minimum atomic E-state index is -0.502. The Balaban J connectivity index is 1.97. The standard InChI is InChI=1S/C23H28N2O6/c1-15(26)31-22-19(28-5)11-16(12-20(22)29-6)13-24-25-21(27)14-30-18-9-7-17(8-10-18)23(2,3)4/h7-13H,14H2,1-6H3,(H,25,27)/b24-13+. The van der Waals surface area contributed by atoms with Crippen molar-refractivity contribution >= 4 is 18.1 Å². The van der Waals surface area contributed by atoms with Gasteiger partial charge in [-0.25, -0.2) is 5.43 Å². The van der Waals surface area contributed by atoms with Crippen LogP contribution in [0.2, 0.25) is 0 Å². The molecule has 166 valence electrons. The van der Waals surface area contributed by atoms with Crippen molar-refractivity contribution in [1.82, 2.24) is 5.43 Å². The number of hydrazone groups is 1. The van der Waals surface area contributed by atoms with Crippen LogP contribution in [-0.4, -0.2) is 38.9 Å². The zero-order valence-electron chi connectivity index (χ0n) is 18.6. The highest BCUT2D eigenvalue weighted by molar-refractivity contribution is 5.85. The van der Waals surface area contributed by atoms with Gasteiger partial charge in [0.25, 0.3) is 5.91 Å². The average Bonchev–Trinajstić information content (AvgIpc) is 2.72. The summed E-state index contributed by atoms with van der Waals surface area (Å²) in [6, 6.07) is 10.8. The Morgan fingerprint density at radius 1 is 1.03 bits per heavy atom. The smallest absolute Gasteiger partial charge is 0.308 e. The number of esters is 1. The first-order valence-corrected chi connectivity index (χ1v) is 9.63. The van der Waals surface area contributed by atoms with E-state index in [1.165, 1.54) is 32.9 Å². The third-order valence-corrected chi connectivity index (χ3v) is 4.22. The molecule has 0 bridgehead atoms. The fraction of sp³-hybridized carbons (Fsp3) is 0.348. The Hall–Kier alpha value is -3.55. The van der Waals surface area contributed by atoms with Crippen LogP contribution in [-0.2, 0) is 15.0 Å². The minimum Gasteiger partial charge on any atom is -0.493 e. The summed E-state index contributed by atoms with van der Waals surface area (Å²) >= 11 is 0. The summed E-state index contributed by atoms with van der Waals surface area (Å²) in [5.74, 6) is 0.450. The first-order chi connectivity index (χ1) is 14.6. The number of amides is 1. The number of hydrogen-bond acceptors (Lipinski definition) is 7. The number of benzene rings is 2. The van der Waals surface area contributed by atoms with Crippen LogP contribution in [0.15, 0.2) is 41.5 Å². The van der Waals surface area contributed by atoms with Gasteiger partial charge in [0.05, 0.1) is 20.4 Å². The number of nitrogens with zero attached hydrogens (tertiary/aromatic N) is 1. The summed E-state index contributed by atoms with van der Waals surface area (Å²) in [7, 11) is 2.88. The van der Waals surface area contributed by atoms with Gasteiger partial charge in [0, 0.05) is 12.5 Å². The summed E-state index contributed by atoms with van der Waals surface area (Å²) in [6.07, 6.45) is 1.42. The molecule has 0 spiro atoms. The van der Waals surface area contributed by atoms with Gasteiger partial charge < -0.3 is 18.9 Å². The molecule has 0 saturated carbocycles. The number of ether oxygens (including phenoxy) is 4. The predicted molar refractivity (Wildman–Crippen MR) is 117 cm³/mol. The van der Waals surface area contributed by atoms with Crippen molar-refractivity contribution in [3.8, 4) is 23.0 Å². The van der Waals surface area contributed by atoms with Crippen LogP contribution in [0.25, 0.3) is 0 Å². The molecular formula is C23H28N2O6. The first-order valence-electron chi connectivity index (χ1n) is 9.63. The normalized spacial score (nSPS) is 11.2. The van der Waals surface area contributed by atoms with Crippen molar-refractivity contribution in [3.05, 3.63) is 47.5 Å². The molecule has 0 fully saturated rings. The molecule has 2 aromatic carbocycles. The van der Waals surface area contributed by atoms with Crippen LogP contribution in [0, 0.1) is 0 Å². The zero-order valence-corrected chi connectivity index (χ0v) is 18.6. The Kier molecular flexibility index (Phi) is 8.01. The molecule has 2 aromatic rings.